The second-order valence-corrected chi connectivity index (χ2v) is 5.44. The van der Waals surface area contributed by atoms with Gasteiger partial charge in [-0.3, -0.25) is 19.2 Å². The lowest BCUT2D eigenvalue weighted by molar-refractivity contribution is -0.115. The number of nitrogens with one attached hydrogen (secondary N) is 3. The second kappa shape index (κ2) is 8.43. The average Bonchev–Trinajstić information content (AvgIpc) is 2.59. The number of hydrogen-bond donors (Lipinski definition) is 4. The summed E-state index contributed by atoms with van der Waals surface area (Å²) in [4.78, 5) is 46.2. The van der Waals surface area contributed by atoms with Gasteiger partial charge in [0, 0.05) is 29.4 Å². The van der Waals surface area contributed by atoms with Gasteiger partial charge in [0.2, 0.25) is 17.7 Å². The van der Waals surface area contributed by atoms with Gasteiger partial charge in [-0.25, -0.2) is 0 Å². The molecule has 0 saturated heterocycles. The van der Waals surface area contributed by atoms with Crippen molar-refractivity contribution in [2.75, 3.05) is 17.2 Å². The first-order valence-electron chi connectivity index (χ1n) is 7.71. The van der Waals surface area contributed by atoms with Crippen molar-refractivity contribution in [3.63, 3.8) is 0 Å². The van der Waals surface area contributed by atoms with Gasteiger partial charge in [0.25, 0.3) is 5.91 Å². The van der Waals surface area contributed by atoms with Crippen molar-refractivity contribution in [2.45, 2.75) is 6.92 Å². The third-order valence-electron chi connectivity index (χ3n) is 3.29. The zero-order valence-corrected chi connectivity index (χ0v) is 14.0. The van der Waals surface area contributed by atoms with E-state index in [2.05, 4.69) is 16.0 Å². The molecule has 0 bridgehead atoms. The predicted molar refractivity (Wildman–Crippen MR) is 96.7 cm³/mol. The Hall–Kier alpha value is -3.68. The van der Waals surface area contributed by atoms with E-state index in [4.69, 9.17) is 5.73 Å². The Morgan fingerprint density at radius 2 is 1.50 bits per heavy atom. The van der Waals surface area contributed by atoms with Crippen LogP contribution in [0.3, 0.4) is 0 Å². The Morgan fingerprint density at radius 1 is 0.885 bits per heavy atom. The van der Waals surface area contributed by atoms with Crippen LogP contribution >= 0.6 is 0 Å². The molecule has 0 fully saturated rings. The van der Waals surface area contributed by atoms with Crippen LogP contribution < -0.4 is 21.7 Å². The minimum absolute atomic E-state index is 0.205. The minimum atomic E-state index is -0.642. The van der Waals surface area contributed by atoms with Crippen molar-refractivity contribution < 1.29 is 19.2 Å². The largest absolute Gasteiger partial charge is 0.366 e. The summed E-state index contributed by atoms with van der Waals surface area (Å²) in [6.07, 6.45) is 0. The minimum Gasteiger partial charge on any atom is -0.366 e. The van der Waals surface area contributed by atoms with Crippen molar-refractivity contribution in [1.82, 2.24) is 5.32 Å². The molecule has 2 aromatic carbocycles. The number of hydrogen-bond acceptors (Lipinski definition) is 4. The molecule has 2 aromatic rings. The van der Waals surface area contributed by atoms with Crippen LogP contribution in [0.15, 0.2) is 48.5 Å². The smallest absolute Gasteiger partial charge is 0.251 e. The summed E-state index contributed by atoms with van der Waals surface area (Å²) in [5.74, 6) is -1.81. The van der Waals surface area contributed by atoms with Crippen LogP contribution in [0.25, 0.3) is 0 Å². The number of benzene rings is 2. The van der Waals surface area contributed by atoms with Crippen LogP contribution in [0.4, 0.5) is 11.4 Å². The Balaban J connectivity index is 1.92. The van der Waals surface area contributed by atoms with Crippen molar-refractivity contribution >= 4 is 35.0 Å². The van der Waals surface area contributed by atoms with Crippen LogP contribution in [-0.4, -0.2) is 30.2 Å². The molecule has 0 radical (unpaired) electrons. The fourth-order valence-corrected chi connectivity index (χ4v) is 2.16. The molecule has 0 saturated carbocycles. The fourth-order valence-electron chi connectivity index (χ4n) is 2.16. The van der Waals surface area contributed by atoms with Gasteiger partial charge >= 0.3 is 0 Å². The topological polar surface area (TPSA) is 130 Å². The summed E-state index contributed by atoms with van der Waals surface area (Å²) in [6, 6.07) is 12.5. The summed E-state index contributed by atoms with van der Waals surface area (Å²) in [6.45, 7) is 1.12. The normalized spacial score (nSPS) is 9.88. The van der Waals surface area contributed by atoms with E-state index in [0.717, 1.165) is 0 Å². The fraction of sp³-hybridized carbons (Fsp3) is 0.111. The van der Waals surface area contributed by atoms with Crippen LogP contribution in [0.1, 0.15) is 27.6 Å². The lowest BCUT2D eigenvalue weighted by Crippen LogP contribution is -2.33. The first-order valence-corrected chi connectivity index (χ1v) is 7.71. The Bertz CT molecular complexity index is 864. The maximum Gasteiger partial charge on any atom is 0.251 e. The summed E-state index contributed by atoms with van der Waals surface area (Å²) in [7, 11) is 0. The molecule has 8 nitrogen and oxygen atoms in total. The van der Waals surface area contributed by atoms with Crippen LogP contribution in [-0.2, 0) is 9.59 Å². The third-order valence-corrected chi connectivity index (χ3v) is 3.29. The monoisotopic (exact) mass is 354 g/mol. The summed E-state index contributed by atoms with van der Waals surface area (Å²) in [5, 5.41) is 7.68. The number of nitrogens with two attached hydrogens (primary N) is 1. The van der Waals surface area contributed by atoms with Gasteiger partial charge in [-0.15, -0.1) is 0 Å². The first kappa shape index (κ1) is 18.7. The lowest BCUT2D eigenvalue weighted by atomic mass is 10.1. The van der Waals surface area contributed by atoms with Crippen LogP contribution in [0.5, 0.6) is 0 Å². The maximum absolute atomic E-state index is 12.1. The van der Waals surface area contributed by atoms with Crippen molar-refractivity contribution in [3.05, 3.63) is 59.7 Å². The molecule has 0 heterocycles. The molecule has 0 unspecified atom stereocenters. The first-order chi connectivity index (χ1) is 12.3. The Morgan fingerprint density at radius 3 is 2.15 bits per heavy atom. The molecule has 26 heavy (non-hydrogen) atoms. The highest BCUT2D eigenvalue weighted by Crippen LogP contribution is 2.14. The van der Waals surface area contributed by atoms with Gasteiger partial charge in [-0.05, 0) is 36.4 Å². The number of rotatable bonds is 6. The van der Waals surface area contributed by atoms with Crippen LogP contribution in [0, 0.1) is 0 Å². The molecule has 134 valence electrons. The molecule has 5 N–H and O–H groups in total. The van der Waals surface area contributed by atoms with Crippen LogP contribution in [0.2, 0.25) is 0 Å². The molecule has 0 aliphatic rings. The molecule has 0 aliphatic carbocycles. The zero-order chi connectivity index (χ0) is 19.1. The summed E-state index contributed by atoms with van der Waals surface area (Å²) in [5.41, 5.74) is 6.62. The molecular formula is C18H18N4O4. The van der Waals surface area contributed by atoms with E-state index in [1.54, 1.807) is 24.3 Å². The van der Waals surface area contributed by atoms with Gasteiger partial charge in [0.05, 0.1) is 6.54 Å². The number of amides is 4. The maximum atomic E-state index is 12.1. The molecule has 0 aliphatic heterocycles. The Labute approximate surface area is 149 Å². The van der Waals surface area contributed by atoms with E-state index in [9.17, 15) is 19.2 Å². The van der Waals surface area contributed by atoms with E-state index in [1.807, 2.05) is 0 Å². The highest BCUT2D eigenvalue weighted by atomic mass is 16.2. The lowest BCUT2D eigenvalue weighted by Gasteiger charge is -2.09. The number of carbonyl (C=O) groups excluding carboxylic acids is 4. The van der Waals surface area contributed by atoms with Gasteiger partial charge in [-0.1, -0.05) is 12.1 Å². The quantitative estimate of drug-likeness (QED) is 0.619. The number of primary amides is 1. The second-order valence-electron chi connectivity index (χ2n) is 5.44. The predicted octanol–water partition coefficient (Wildman–Crippen LogP) is 1.11. The molecule has 0 atom stereocenters. The molecule has 0 aromatic heterocycles. The van der Waals surface area contributed by atoms with Crippen molar-refractivity contribution in [3.8, 4) is 0 Å². The Kier molecular flexibility index (Phi) is 6.05. The summed E-state index contributed by atoms with van der Waals surface area (Å²) < 4.78 is 0. The van der Waals surface area contributed by atoms with Crippen molar-refractivity contribution in [1.29, 1.82) is 0 Å². The van der Waals surface area contributed by atoms with E-state index < -0.39 is 17.7 Å². The molecule has 2 rings (SSSR count). The third kappa shape index (κ3) is 5.45. The van der Waals surface area contributed by atoms with E-state index in [0.29, 0.717) is 11.4 Å². The van der Waals surface area contributed by atoms with Crippen molar-refractivity contribution in [2.24, 2.45) is 5.73 Å². The molecule has 8 heteroatoms. The number of carbonyl (C=O) groups is 4. The average molecular weight is 354 g/mol. The highest BCUT2D eigenvalue weighted by molar-refractivity contribution is 6.01. The van der Waals surface area contributed by atoms with E-state index >= 15 is 0 Å². The van der Waals surface area contributed by atoms with Gasteiger partial charge < -0.3 is 21.7 Å². The van der Waals surface area contributed by atoms with Gasteiger partial charge in [-0.2, -0.15) is 0 Å². The zero-order valence-electron chi connectivity index (χ0n) is 14.0. The number of anilines is 2. The highest BCUT2D eigenvalue weighted by Gasteiger charge is 2.10. The molecule has 0 spiro atoms. The SMILES string of the molecule is CC(=O)Nc1cccc(NC(=O)CNC(=O)c2cccc(C(N)=O)c2)c1. The molecular weight excluding hydrogens is 336 g/mol. The standard InChI is InChI=1S/C18H18N4O4/c1-11(23)21-14-6-3-7-15(9-14)22-16(24)10-20-18(26)13-5-2-4-12(8-13)17(19)25/h2-9H,10H2,1H3,(H2,19,25)(H,20,26)(H,21,23)(H,22,24). The summed E-state index contributed by atoms with van der Waals surface area (Å²) >= 11 is 0. The van der Waals surface area contributed by atoms with Gasteiger partial charge in [0.15, 0.2) is 0 Å². The van der Waals surface area contributed by atoms with E-state index in [1.165, 1.54) is 31.2 Å². The van der Waals surface area contributed by atoms with Gasteiger partial charge in [0.1, 0.15) is 0 Å². The molecule has 4 amide bonds. The van der Waals surface area contributed by atoms with E-state index in [-0.39, 0.29) is 23.6 Å².